The molecule has 0 radical (unpaired) electrons. The maximum atomic E-state index is 11.5. The minimum Gasteiger partial charge on any atom is -0.492 e. The predicted octanol–water partition coefficient (Wildman–Crippen LogP) is 2.27. The number of unbranched alkanes of at least 4 members (excludes halogenated alkanes) is 1. The van der Waals surface area contributed by atoms with Crippen LogP contribution < -0.4 is 8.92 Å². The summed E-state index contributed by atoms with van der Waals surface area (Å²) in [5.41, 5.74) is 0. The Labute approximate surface area is 94.0 Å². The third-order valence-electron chi connectivity index (χ3n) is 1.77. The molecule has 0 fully saturated rings. The van der Waals surface area contributed by atoms with Crippen LogP contribution in [-0.2, 0) is 10.1 Å². The fourth-order valence-corrected chi connectivity index (χ4v) is 3.06. The van der Waals surface area contributed by atoms with Gasteiger partial charge in [-0.25, -0.2) is 0 Å². The Hall–Kier alpha value is -0.750. The Morgan fingerprint density at radius 1 is 1.47 bits per heavy atom. The summed E-state index contributed by atoms with van der Waals surface area (Å²) in [7, 11) is -1.99. The van der Waals surface area contributed by atoms with Gasteiger partial charge in [-0.2, -0.15) is 8.42 Å². The van der Waals surface area contributed by atoms with Gasteiger partial charge in [0.15, 0.2) is 5.75 Å². The molecule has 0 spiro atoms. The van der Waals surface area contributed by atoms with Crippen molar-refractivity contribution in [3.63, 3.8) is 0 Å². The first kappa shape index (κ1) is 12.3. The molecule has 0 atom stereocenters. The molecule has 0 saturated heterocycles. The van der Waals surface area contributed by atoms with Crippen molar-refractivity contribution in [3.8, 4) is 10.8 Å². The van der Waals surface area contributed by atoms with Crippen LogP contribution >= 0.6 is 11.3 Å². The molecule has 0 aromatic carbocycles. The van der Waals surface area contributed by atoms with Crippen LogP contribution in [0.15, 0.2) is 11.4 Å². The third kappa shape index (κ3) is 3.71. The van der Waals surface area contributed by atoms with Gasteiger partial charge in [0, 0.05) is 0 Å². The highest BCUT2D eigenvalue weighted by atomic mass is 32.2. The van der Waals surface area contributed by atoms with Gasteiger partial charge < -0.3 is 8.92 Å². The van der Waals surface area contributed by atoms with Crippen LogP contribution in [0.5, 0.6) is 10.8 Å². The molecule has 4 nitrogen and oxygen atoms in total. The summed E-state index contributed by atoms with van der Waals surface area (Å²) >= 11 is 1.21. The van der Waals surface area contributed by atoms with E-state index in [9.17, 15) is 8.42 Å². The van der Waals surface area contributed by atoms with Crippen LogP contribution in [0, 0.1) is 0 Å². The molecule has 0 saturated carbocycles. The van der Waals surface area contributed by atoms with Gasteiger partial charge >= 0.3 is 10.1 Å². The summed E-state index contributed by atoms with van der Waals surface area (Å²) in [6.07, 6.45) is 1.43. The highest BCUT2D eigenvalue weighted by Gasteiger charge is 2.16. The molecule has 0 aliphatic carbocycles. The van der Waals surface area contributed by atoms with Crippen LogP contribution in [0.25, 0.3) is 0 Å². The second-order valence-electron chi connectivity index (χ2n) is 2.98. The van der Waals surface area contributed by atoms with Crippen LogP contribution in [0.3, 0.4) is 0 Å². The van der Waals surface area contributed by atoms with E-state index in [1.165, 1.54) is 18.4 Å². The first-order valence-electron chi connectivity index (χ1n) is 4.62. The van der Waals surface area contributed by atoms with Crippen molar-refractivity contribution in [2.45, 2.75) is 19.8 Å². The van der Waals surface area contributed by atoms with Gasteiger partial charge in [-0.05, 0) is 17.9 Å². The van der Waals surface area contributed by atoms with Crippen LogP contribution in [0.1, 0.15) is 19.8 Å². The number of thiophene rings is 1. The molecule has 0 amide bonds. The summed E-state index contributed by atoms with van der Waals surface area (Å²) in [6, 6.07) is 1.68. The monoisotopic (exact) mass is 250 g/mol. The van der Waals surface area contributed by atoms with Gasteiger partial charge in [0.2, 0.25) is 5.06 Å². The molecule has 0 aliphatic rings. The lowest BCUT2D eigenvalue weighted by Gasteiger charge is -2.05. The molecule has 1 aromatic rings. The largest absolute Gasteiger partial charge is 0.492 e. The second-order valence-corrected chi connectivity index (χ2v) is 5.54. The summed E-state index contributed by atoms with van der Waals surface area (Å²) in [4.78, 5) is 0. The van der Waals surface area contributed by atoms with Crippen molar-refractivity contribution in [2.24, 2.45) is 0 Å². The molecule has 0 N–H and O–H groups in total. The third-order valence-corrected chi connectivity index (χ3v) is 3.85. The van der Waals surface area contributed by atoms with Crippen LogP contribution in [0.2, 0.25) is 0 Å². The second kappa shape index (κ2) is 5.37. The zero-order valence-corrected chi connectivity index (χ0v) is 10.4. The molecule has 0 bridgehead atoms. The Bertz CT molecular complexity index is 394. The quantitative estimate of drug-likeness (QED) is 0.727. The minimum absolute atomic E-state index is 0.0462. The molecular weight excluding hydrogens is 236 g/mol. The minimum atomic E-state index is -3.47. The first-order chi connectivity index (χ1) is 7.09. The summed E-state index contributed by atoms with van der Waals surface area (Å²) < 4.78 is 32.8. The Morgan fingerprint density at radius 3 is 2.80 bits per heavy atom. The van der Waals surface area contributed by atoms with Crippen molar-refractivity contribution in [1.29, 1.82) is 0 Å². The molecule has 86 valence electrons. The SMILES string of the molecule is CCCCS(=O)(=O)Oc1sccc1OC. The highest BCUT2D eigenvalue weighted by Crippen LogP contribution is 2.34. The average Bonchev–Trinajstić information content (AvgIpc) is 2.61. The van der Waals surface area contributed by atoms with Gasteiger partial charge in [-0.1, -0.05) is 13.3 Å². The van der Waals surface area contributed by atoms with Crippen LogP contribution in [-0.4, -0.2) is 21.3 Å². The zero-order valence-electron chi connectivity index (χ0n) is 8.73. The van der Waals surface area contributed by atoms with E-state index in [1.807, 2.05) is 6.92 Å². The lowest BCUT2D eigenvalue weighted by atomic mass is 10.4. The predicted molar refractivity (Wildman–Crippen MR) is 60.2 cm³/mol. The molecule has 1 aromatic heterocycles. The summed E-state index contributed by atoms with van der Waals surface area (Å²) in [6.45, 7) is 1.93. The maximum absolute atomic E-state index is 11.5. The van der Waals surface area contributed by atoms with E-state index in [2.05, 4.69) is 0 Å². The van der Waals surface area contributed by atoms with Crippen molar-refractivity contribution < 1.29 is 17.3 Å². The Morgan fingerprint density at radius 2 is 2.20 bits per heavy atom. The number of hydrogen-bond acceptors (Lipinski definition) is 5. The number of hydrogen-bond donors (Lipinski definition) is 0. The standard InChI is InChI=1S/C9H14O4S2/c1-3-4-7-15(10,11)13-9-8(12-2)5-6-14-9/h5-6H,3-4,7H2,1-2H3. The van der Waals surface area contributed by atoms with Gasteiger partial charge in [0.05, 0.1) is 12.9 Å². The molecule has 15 heavy (non-hydrogen) atoms. The fraction of sp³-hybridized carbons (Fsp3) is 0.556. The van der Waals surface area contributed by atoms with E-state index >= 15 is 0 Å². The Balaban J connectivity index is 2.68. The number of ether oxygens (including phenoxy) is 1. The van der Waals surface area contributed by atoms with E-state index in [0.29, 0.717) is 17.2 Å². The lowest BCUT2D eigenvalue weighted by molar-refractivity contribution is 0.395. The molecule has 0 unspecified atom stereocenters. The number of rotatable bonds is 6. The average molecular weight is 250 g/mol. The highest BCUT2D eigenvalue weighted by molar-refractivity contribution is 7.87. The van der Waals surface area contributed by atoms with E-state index in [0.717, 1.165) is 6.42 Å². The topological polar surface area (TPSA) is 52.6 Å². The summed E-state index contributed by atoms with van der Waals surface area (Å²) in [5.74, 6) is 0.505. The molecule has 1 rings (SSSR count). The van der Waals surface area contributed by atoms with E-state index in [-0.39, 0.29) is 5.75 Å². The van der Waals surface area contributed by atoms with E-state index in [4.69, 9.17) is 8.92 Å². The van der Waals surface area contributed by atoms with Crippen molar-refractivity contribution >= 4 is 21.5 Å². The maximum Gasteiger partial charge on any atom is 0.310 e. The van der Waals surface area contributed by atoms with Crippen molar-refractivity contribution in [2.75, 3.05) is 12.9 Å². The first-order valence-corrected chi connectivity index (χ1v) is 7.08. The van der Waals surface area contributed by atoms with Crippen molar-refractivity contribution in [1.82, 2.24) is 0 Å². The molecular formula is C9H14O4S2. The zero-order chi connectivity index (χ0) is 11.3. The van der Waals surface area contributed by atoms with Gasteiger partial charge in [0.25, 0.3) is 0 Å². The molecule has 0 aliphatic heterocycles. The van der Waals surface area contributed by atoms with Gasteiger partial charge in [-0.15, -0.1) is 11.3 Å². The number of methoxy groups -OCH3 is 1. The van der Waals surface area contributed by atoms with E-state index < -0.39 is 10.1 Å². The summed E-state index contributed by atoms with van der Waals surface area (Å²) in [5, 5.41) is 2.03. The van der Waals surface area contributed by atoms with Gasteiger partial charge in [-0.3, -0.25) is 0 Å². The van der Waals surface area contributed by atoms with Gasteiger partial charge in [0.1, 0.15) is 0 Å². The smallest absolute Gasteiger partial charge is 0.310 e. The Kier molecular flexibility index (Phi) is 4.41. The van der Waals surface area contributed by atoms with Crippen LogP contribution in [0.4, 0.5) is 0 Å². The normalized spacial score (nSPS) is 11.3. The van der Waals surface area contributed by atoms with Crippen molar-refractivity contribution in [3.05, 3.63) is 11.4 Å². The molecule has 6 heteroatoms. The lowest BCUT2D eigenvalue weighted by Crippen LogP contribution is -2.13. The fourth-order valence-electron chi connectivity index (χ4n) is 0.974. The molecule has 1 heterocycles. The van der Waals surface area contributed by atoms with E-state index in [1.54, 1.807) is 11.4 Å².